The third kappa shape index (κ3) is 11.3. The summed E-state index contributed by atoms with van der Waals surface area (Å²) in [4.78, 5) is 58.2. The van der Waals surface area contributed by atoms with Crippen molar-refractivity contribution in [3.05, 3.63) is 94.8 Å². The summed E-state index contributed by atoms with van der Waals surface area (Å²) in [5.74, 6) is -4.50. The zero-order chi connectivity index (χ0) is 61.4. The average molecular weight is 1200 g/mol. The Balaban J connectivity index is 0.850. The minimum absolute atomic E-state index is 0.00183. The van der Waals surface area contributed by atoms with Gasteiger partial charge in [0.2, 0.25) is 11.8 Å². The second kappa shape index (κ2) is 22.9. The van der Waals surface area contributed by atoms with Crippen LogP contribution in [0.5, 0.6) is 23.5 Å². The SMILES string of the molecule is CCc1c(F)ccc2cc(O)cc(-c3ncc4c(N5CCC[C@@](C)(O)C5)nc(OCC(C)(C)CN(C)Cc5cc(F)c(CC)c6c(-c7ncc8c(NCC9CC(=O)NC9=O)nc(OC[C@@]9%10CCCN9C[C@H](F)C%10)nc8c7F)cc(O)cc56)nc4c3F)c12. The van der Waals surface area contributed by atoms with E-state index in [9.17, 15) is 29.3 Å². The number of fused-ring (bicyclic) bond motifs is 5. The first-order valence-corrected chi connectivity index (χ1v) is 29.5. The van der Waals surface area contributed by atoms with Gasteiger partial charge in [0.25, 0.3) is 0 Å². The van der Waals surface area contributed by atoms with E-state index in [2.05, 4.69) is 40.5 Å². The molecule has 23 heteroatoms. The maximum atomic E-state index is 17.6. The van der Waals surface area contributed by atoms with E-state index in [1.165, 1.54) is 54.9 Å². The zero-order valence-electron chi connectivity index (χ0n) is 49.3. The lowest BCUT2D eigenvalue weighted by molar-refractivity contribution is -0.125. The van der Waals surface area contributed by atoms with Gasteiger partial charge >= 0.3 is 12.0 Å². The number of hydrogen-bond donors (Lipinski definition) is 5. The normalized spacial score (nSPS) is 20.9. The molecule has 456 valence electrons. The molecular weight excluding hydrogens is 1130 g/mol. The number of nitrogens with one attached hydrogen (secondary N) is 2. The van der Waals surface area contributed by atoms with Crippen molar-refractivity contribution < 1.29 is 56.3 Å². The number of pyridine rings is 2. The number of aryl methyl sites for hydroxylation is 2. The molecule has 2 amide bonds. The molecule has 5 N–H and O–H groups in total. The first-order valence-electron chi connectivity index (χ1n) is 29.5. The van der Waals surface area contributed by atoms with Crippen molar-refractivity contribution in [2.24, 2.45) is 11.3 Å². The summed E-state index contributed by atoms with van der Waals surface area (Å²) < 4.78 is 94.4. The molecule has 4 aliphatic rings. The van der Waals surface area contributed by atoms with Crippen molar-refractivity contribution >= 4 is 66.8 Å². The standard InChI is InChI=1S/C64H68F5N11O7/c1-7-39-46(66)12-11-33-17-37(81)21-42(49(33)39)53-52(69)56-45(26-71-53)58(79-15-9-13-63(5,85)30-79)77-61(75-56)86-31-62(3,4)29-78(6)27-35-18-47(67)40(8-2)50-41(35)20-38(82)22-43(50)54-51(68)55-44(25-70-54)57(72-24-34-19-48(83)73-59(34)84)76-60(74-55)87-32-64-14-10-16-80(64)28-36(65)23-64/h11-12,17-18,20-22,25-26,34,36,81-82,85H,7-10,13-16,19,23-24,27-32H2,1-6H3,(H,72,74,76)(H,73,83,84)/t34?,36-,63-,64+/m1/s1. The summed E-state index contributed by atoms with van der Waals surface area (Å²) in [6.07, 6.45) is 5.13. The molecule has 4 aliphatic heterocycles. The van der Waals surface area contributed by atoms with Gasteiger partial charge in [0.05, 0.1) is 34.4 Å². The molecule has 12 rings (SSSR count). The van der Waals surface area contributed by atoms with Crippen LogP contribution in [0.3, 0.4) is 0 Å². The molecule has 8 heterocycles. The first kappa shape index (κ1) is 59.2. The van der Waals surface area contributed by atoms with Gasteiger partial charge in [0.15, 0.2) is 11.6 Å². The van der Waals surface area contributed by atoms with Gasteiger partial charge in [0, 0.05) is 81.0 Å². The highest BCUT2D eigenvalue weighted by Crippen LogP contribution is 2.44. The number of alkyl halides is 1. The number of benzene rings is 4. The molecule has 0 bridgehead atoms. The molecule has 4 aromatic carbocycles. The monoisotopic (exact) mass is 1200 g/mol. The number of aromatic nitrogens is 6. The van der Waals surface area contributed by atoms with E-state index in [4.69, 9.17) is 14.5 Å². The van der Waals surface area contributed by atoms with Crippen molar-refractivity contribution in [2.45, 2.75) is 110 Å². The van der Waals surface area contributed by atoms with Gasteiger partial charge in [-0.05, 0) is 134 Å². The fourth-order valence-electron chi connectivity index (χ4n) is 13.7. The van der Waals surface area contributed by atoms with Crippen LogP contribution in [-0.2, 0) is 29.0 Å². The van der Waals surface area contributed by atoms with Crippen molar-refractivity contribution in [1.29, 1.82) is 0 Å². The van der Waals surface area contributed by atoms with Crippen molar-refractivity contribution in [3.8, 4) is 46.0 Å². The van der Waals surface area contributed by atoms with Crippen LogP contribution >= 0.6 is 0 Å². The number of ether oxygens (including phenoxy) is 2. The molecule has 8 aromatic rings. The van der Waals surface area contributed by atoms with Gasteiger partial charge in [-0.25, -0.2) is 22.0 Å². The third-order valence-electron chi connectivity index (χ3n) is 17.6. The Bertz CT molecular complexity index is 4100. The second-order valence-corrected chi connectivity index (χ2v) is 25.0. The molecule has 0 radical (unpaired) electrons. The molecule has 18 nitrogen and oxygen atoms in total. The van der Waals surface area contributed by atoms with E-state index >= 15 is 17.6 Å². The number of phenols is 2. The average Bonchev–Trinajstić information content (AvgIpc) is 2.39. The Hall–Kier alpha value is -8.15. The Morgan fingerprint density at radius 3 is 2.18 bits per heavy atom. The minimum atomic E-state index is -1.08. The van der Waals surface area contributed by atoms with Crippen LogP contribution in [0, 0.1) is 34.6 Å². The molecule has 1 unspecified atom stereocenters. The van der Waals surface area contributed by atoms with Crippen molar-refractivity contribution in [3.63, 3.8) is 0 Å². The number of amides is 2. The molecule has 0 aliphatic carbocycles. The number of carbonyl (C=O) groups excluding carboxylic acids is 2. The number of anilines is 2. The first-order chi connectivity index (χ1) is 41.5. The van der Waals surface area contributed by atoms with Gasteiger partial charge in [-0.3, -0.25) is 29.8 Å². The maximum absolute atomic E-state index is 17.6. The van der Waals surface area contributed by atoms with E-state index in [-0.39, 0.29) is 144 Å². The van der Waals surface area contributed by atoms with E-state index in [1.807, 2.05) is 30.7 Å². The van der Waals surface area contributed by atoms with Crippen LogP contribution in [0.2, 0.25) is 0 Å². The molecule has 4 atom stereocenters. The minimum Gasteiger partial charge on any atom is -0.508 e. The number of nitrogens with zero attached hydrogens (tertiary/aromatic N) is 9. The Kier molecular flexibility index (Phi) is 15.5. The van der Waals surface area contributed by atoms with Crippen LogP contribution < -0.4 is 25.0 Å². The summed E-state index contributed by atoms with van der Waals surface area (Å²) in [5.41, 5.74) is -1.83. The largest absolute Gasteiger partial charge is 0.508 e. The topological polar surface area (TPSA) is 224 Å². The number of β-amino-alcohol motifs (C(OH)–C–C–N with tert-alkyl or cyclic N) is 1. The van der Waals surface area contributed by atoms with Gasteiger partial charge in [-0.15, -0.1) is 0 Å². The number of phenolic OH excluding ortho intramolecular Hbond substituents is 2. The Labute approximate surface area is 498 Å². The molecule has 4 saturated heterocycles. The number of carbonyl (C=O) groups is 2. The smallest absolute Gasteiger partial charge is 0.319 e. The van der Waals surface area contributed by atoms with Crippen LogP contribution in [0.25, 0.3) is 65.9 Å². The number of imide groups is 1. The van der Waals surface area contributed by atoms with Gasteiger partial charge in [-0.2, -0.15) is 19.9 Å². The lowest BCUT2D eigenvalue weighted by Gasteiger charge is -2.38. The number of hydrogen-bond acceptors (Lipinski definition) is 17. The van der Waals surface area contributed by atoms with E-state index in [1.54, 1.807) is 20.8 Å². The van der Waals surface area contributed by atoms with Crippen LogP contribution in [0.4, 0.5) is 33.6 Å². The fraction of sp³-hybridized carbons (Fsp3) is 0.438. The summed E-state index contributed by atoms with van der Waals surface area (Å²) >= 11 is 0. The Morgan fingerprint density at radius 1 is 0.816 bits per heavy atom. The van der Waals surface area contributed by atoms with E-state index in [0.717, 1.165) is 6.42 Å². The summed E-state index contributed by atoms with van der Waals surface area (Å²) in [5, 5.41) is 40.9. The number of aliphatic hydroxyl groups is 1. The number of halogens is 5. The highest BCUT2D eigenvalue weighted by atomic mass is 19.1. The quantitative estimate of drug-likeness (QED) is 0.0398. The molecular formula is C64H68F5N11O7. The molecule has 0 spiro atoms. The van der Waals surface area contributed by atoms with Gasteiger partial charge in [0.1, 0.15) is 70.0 Å². The second-order valence-electron chi connectivity index (χ2n) is 25.0. The van der Waals surface area contributed by atoms with Crippen LogP contribution in [0.1, 0.15) is 89.8 Å². The highest BCUT2D eigenvalue weighted by molar-refractivity contribution is 6.05. The zero-order valence-corrected chi connectivity index (χ0v) is 49.3. The van der Waals surface area contributed by atoms with E-state index < -0.39 is 63.7 Å². The summed E-state index contributed by atoms with van der Waals surface area (Å²) in [7, 11) is 1.83. The lowest BCUT2D eigenvalue weighted by atomic mass is 9.90. The molecule has 87 heavy (non-hydrogen) atoms. The summed E-state index contributed by atoms with van der Waals surface area (Å²) in [6, 6.07) is 9.53. The molecule has 4 aromatic heterocycles. The molecule has 4 fully saturated rings. The lowest BCUT2D eigenvalue weighted by Crippen LogP contribution is -2.46. The predicted octanol–water partition coefficient (Wildman–Crippen LogP) is 10.0. The van der Waals surface area contributed by atoms with E-state index in [0.29, 0.717) is 77.4 Å². The van der Waals surface area contributed by atoms with Crippen LogP contribution in [-0.4, -0.2) is 144 Å². The fourth-order valence-corrected chi connectivity index (χ4v) is 13.7. The highest BCUT2D eigenvalue weighted by Gasteiger charge is 2.49. The predicted molar refractivity (Wildman–Crippen MR) is 318 cm³/mol. The maximum Gasteiger partial charge on any atom is 0.319 e. The summed E-state index contributed by atoms with van der Waals surface area (Å²) in [6.45, 7) is 11.3. The number of rotatable bonds is 18. The third-order valence-corrected chi connectivity index (χ3v) is 17.6. The number of piperidine rings is 1. The number of aromatic hydroxyl groups is 2. The van der Waals surface area contributed by atoms with Crippen molar-refractivity contribution in [2.75, 3.05) is 69.7 Å². The van der Waals surface area contributed by atoms with Crippen LogP contribution in [0.15, 0.2) is 54.9 Å². The van der Waals surface area contributed by atoms with Gasteiger partial charge in [-0.1, -0.05) is 33.8 Å². The van der Waals surface area contributed by atoms with Gasteiger partial charge < -0.3 is 39.9 Å². The Morgan fingerprint density at radius 2 is 1.48 bits per heavy atom. The van der Waals surface area contributed by atoms with Crippen molar-refractivity contribution in [1.82, 2.24) is 45.0 Å². The molecule has 0 saturated carbocycles.